The molecule has 0 radical (unpaired) electrons. The number of hydrogen-bond donors (Lipinski definition) is 1. The van der Waals surface area contributed by atoms with Crippen molar-refractivity contribution in [2.24, 2.45) is 0 Å². The number of thioether (sulfide) groups is 1. The fourth-order valence-corrected chi connectivity index (χ4v) is 5.74. The van der Waals surface area contributed by atoms with Gasteiger partial charge in [-0.15, -0.1) is 11.8 Å². The van der Waals surface area contributed by atoms with Gasteiger partial charge in [-0.05, 0) is 25.1 Å². The molecule has 0 saturated carbocycles. The second-order valence-electron chi connectivity index (χ2n) is 6.70. The minimum absolute atomic E-state index is 0.0455. The topological polar surface area (TPSA) is 69.0 Å². The van der Waals surface area contributed by atoms with Crippen LogP contribution in [0.2, 0.25) is 0 Å². The lowest BCUT2D eigenvalue weighted by atomic mass is 10.0. The predicted molar refractivity (Wildman–Crippen MR) is 117 cm³/mol. The van der Waals surface area contributed by atoms with E-state index in [9.17, 15) is 4.79 Å². The first kappa shape index (κ1) is 18.2. The third-order valence-electron chi connectivity index (χ3n) is 4.89. The summed E-state index contributed by atoms with van der Waals surface area (Å²) in [5.74, 6) is 1.80. The molecule has 3 heterocycles. The van der Waals surface area contributed by atoms with Crippen LogP contribution in [0.1, 0.15) is 22.1 Å². The summed E-state index contributed by atoms with van der Waals surface area (Å²) in [6.07, 6.45) is 0. The number of anilines is 1. The van der Waals surface area contributed by atoms with Crippen LogP contribution in [0.25, 0.3) is 15.3 Å². The quantitative estimate of drug-likeness (QED) is 0.524. The molecule has 5 rings (SSSR count). The molecule has 1 amide bonds. The van der Waals surface area contributed by atoms with Crippen molar-refractivity contribution in [1.29, 1.82) is 0 Å². The summed E-state index contributed by atoms with van der Waals surface area (Å²) in [6.45, 7) is 1.98. The number of rotatable bonds is 3. The Labute approximate surface area is 175 Å². The molecule has 8 heteroatoms. The monoisotopic (exact) mass is 422 g/mol. The molecule has 0 bridgehead atoms. The molecular formula is C21H18N4O2S2. The standard InChI is InChI=1S/C21H18N4O2S2/c1-12-18-19(13-7-3-5-9-15(13)27-2)28-11-17(26)23-20(18)25(24-12)21-22-14-8-4-6-10-16(14)29-21/h3-10,19H,11H2,1-2H3,(H,23,26)/t19-/m0/s1. The number of aryl methyl sites for hydroxylation is 1. The van der Waals surface area contributed by atoms with Gasteiger partial charge < -0.3 is 10.1 Å². The van der Waals surface area contributed by atoms with Crippen molar-refractivity contribution in [3.05, 3.63) is 65.4 Å². The minimum atomic E-state index is -0.0665. The molecule has 1 aliphatic rings. The lowest BCUT2D eigenvalue weighted by molar-refractivity contribution is -0.113. The number of nitrogens with one attached hydrogen (secondary N) is 1. The molecular weight excluding hydrogens is 404 g/mol. The van der Waals surface area contributed by atoms with Gasteiger partial charge in [-0.3, -0.25) is 4.79 Å². The van der Waals surface area contributed by atoms with Crippen LogP contribution in [0.5, 0.6) is 5.75 Å². The summed E-state index contributed by atoms with van der Waals surface area (Å²) in [5, 5.41) is 8.49. The molecule has 2 aromatic heterocycles. The molecule has 4 aromatic rings. The van der Waals surface area contributed by atoms with Crippen LogP contribution in [0, 0.1) is 6.92 Å². The minimum Gasteiger partial charge on any atom is -0.496 e. The summed E-state index contributed by atoms with van der Waals surface area (Å²) in [6, 6.07) is 15.9. The smallest absolute Gasteiger partial charge is 0.235 e. The van der Waals surface area contributed by atoms with Crippen molar-refractivity contribution >= 4 is 45.0 Å². The second kappa shape index (κ2) is 7.20. The molecule has 6 nitrogen and oxygen atoms in total. The number of nitrogens with zero attached hydrogens (tertiary/aromatic N) is 3. The van der Waals surface area contributed by atoms with Crippen molar-refractivity contribution in [1.82, 2.24) is 14.8 Å². The number of carbonyl (C=O) groups excluding carboxylic acids is 1. The first-order valence-electron chi connectivity index (χ1n) is 9.15. The van der Waals surface area contributed by atoms with Gasteiger partial charge in [-0.2, -0.15) is 9.78 Å². The molecule has 0 spiro atoms. The maximum absolute atomic E-state index is 12.5. The van der Waals surface area contributed by atoms with Gasteiger partial charge in [-0.1, -0.05) is 41.7 Å². The Hall–Kier alpha value is -2.84. The molecule has 1 N–H and O–H groups in total. The number of benzene rings is 2. The van der Waals surface area contributed by atoms with Gasteiger partial charge in [-0.25, -0.2) is 4.98 Å². The highest BCUT2D eigenvalue weighted by atomic mass is 32.2. The van der Waals surface area contributed by atoms with E-state index in [-0.39, 0.29) is 11.2 Å². The van der Waals surface area contributed by atoms with Crippen LogP contribution < -0.4 is 10.1 Å². The highest BCUT2D eigenvalue weighted by Crippen LogP contribution is 2.46. The van der Waals surface area contributed by atoms with E-state index < -0.39 is 0 Å². The van der Waals surface area contributed by atoms with Crippen molar-refractivity contribution in [3.63, 3.8) is 0 Å². The third-order valence-corrected chi connectivity index (χ3v) is 7.16. The van der Waals surface area contributed by atoms with Gasteiger partial charge in [0, 0.05) is 11.1 Å². The number of methoxy groups -OCH3 is 1. The van der Waals surface area contributed by atoms with Gasteiger partial charge in [0.2, 0.25) is 11.0 Å². The largest absolute Gasteiger partial charge is 0.496 e. The van der Waals surface area contributed by atoms with E-state index >= 15 is 0 Å². The van der Waals surface area contributed by atoms with Crippen molar-refractivity contribution in [2.75, 3.05) is 18.2 Å². The highest BCUT2D eigenvalue weighted by Gasteiger charge is 2.32. The SMILES string of the molecule is COc1ccccc1[C@@H]1SCC(=O)Nc2c1c(C)nn2-c1nc2ccccc2s1. The lowest BCUT2D eigenvalue weighted by Crippen LogP contribution is -2.15. The van der Waals surface area contributed by atoms with E-state index in [0.29, 0.717) is 11.6 Å². The summed E-state index contributed by atoms with van der Waals surface area (Å²) < 4.78 is 8.45. The number of amides is 1. The number of aromatic nitrogens is 3. The molecule has 2 aromatic carbocycles. The van der Waals surface area contributed by atoms with Gasteiger partial charge in [0.25, 0.3) is 0 Å². The van der Waals surface area contributed by atoms with E-state index in [4.69, 9.17) is 14.8 Å². The van der Waals surface area contributed by atoms with Crippen LogP contribution in [0.4, 0.5) is 5.82 Å². The predicted octanol–water partition coefficient (Wildman–Crippen LogP) is 4.57. The average molecular weight is 423 g/mol. The highest BCUT2D eigenvalue weighted by molar-refractivity contribution is 8.00. The fraction of sp³-hybridized carbons (Fsp3) is 0.190. The van der Waals surface area contributed by atoms with E-state index in [1.807, 2.05) is 55.5 Å². The molecule has 0 unspecified atom stereocenters. The Kier molecular flexibility index (Phi) is 4.52. The van der Waals surface area contributed by atoms with Crippen LogP contribution in [-0.2, 0) is 4.79 Å². The van der Waals surface area contributed by atoms with Crippen molar-refractivity contribution in [3.8, 4) is 10.9 Å². The van der Waals surface area contributed by atoms with Gasteiger partial charge in [0.05, 0.1) is 34.0 Å². The van der Waals surface area contributed by atoms with Crippen LogP contribution >= 0.6 is 23.1 Å². The Morgan fingerprint density at radius 2 is 1.97 bits per heavy atom. The Bertz CT molecular complexity index is 1200. The summed E-state index contributed by atoms with van der Waals surface area (Å²) in [5.41, 5.74) is 3.81. The molecule has 1 aliphatic heterocycles. The fourth-order valence-electron chi connectivity index (χ4n) is 3.60. The average Bonchev–Trinajstić information content (AvgIpc) is 3.24. The molecule has 1 atom stereocenters. The molecule has 29 heavy (non-hydrogen) atoms. The zero-order valence-corrected chi connectivity index (χ0v) is 17.5. The molecule has 0 aliphatic carbocycles. The number of para-hydroxylation sites is 2. The lowest BCUT2D eigenvalue weighted by Gasteiger charge is -2.18. The summed E-state index contributed by atoms with van der Waals surface area (Å²) in [4.78, 5) is 17.2. The number of thiazole rings is 1. The first-order chi connectivity index (χ1) is 14.2. The van der Waals surface area contributed by atoms with E-state index in [1.54, 1.807) is 34.9 Å². The van der Waals surface area contributed by atoms with E-state index in [0.717, 1.165) is 37.9 Å². The zero-order valence-electron chi connectivity index (χ0n) is 15.9. The molecule has 0 saturated heterocycles. The van der Waals surface area contributed by atoms with Crippen LogP contribution in [0.3, 0.4) is 0 Å². The second-order valence-corrected chi connectivity index (χ2v) is 8.81. The number of ether oxygens (including phenoxy) is 1. The third kappa shape index (κ3) is 3.08. The number of fused-ring (bicyclic) bond motifs is 2. The summed E-state index contributed by atoms with van der Waals surface area (Å²) >= 11 is 3.14. The maximum Gasteiger partial charge on any atom is 0.235 e. The van der Waals surface area contributed by atoms with E-state index in [1.165, 1.54) is 0 Å². The Morgan fingerprint density at radius 3 is 2.79 bits per heavy atom. The normalized spacial score (nSPS) is 16.3. The van der Waals surface area contributed by atoms with Crippen LogP contribution in [0.15, 0.2) is 48.5 Å². The van der Waals surface area contributed by atoms with Crippen LogP contribution in [-0.4, -0.2) is 33.5 Å². The molecule has 0 fully saturated rings. The summed E-state index contributed by atoms with van der Waals surface area (Å²) in [7, 11) is 1.67. The van der Waals surface area contributed by atoms with Gasteiger partial charge in [0.15, 0.2) is 0 Å². The number of hydrogen-bond acceptors (Lipinski definition) is 6. The Balaban J connectivity index is 1.71. The number of carbonyl (C=O) groups is 1. The Morgan fingerprint density at radius 1 is 1.17 bits per heavy atom. The van der Waals surface area contributed by atoms with Gasteiger partial charge in [0.1, 0.15) is 11.6 Å². The van der Waals surface area contributed by atoms with Gasteiger partial charge >= 0.3 is 0 Å². The zero-order chi connectivity index (χ0) is 20.0. The van der Waals surface area contributed by atoms with E-state index in [2.05, 4.69) is 5.32 Å². The molecule has 146 valence electrons. The maximum atomic E-state index is 12.5. The first-order valence-corrected chi connectivity index (χ1v) is 11.0. The van der Waals surface area contributed by atoms with Crippen molar-refractivity contribution in [2.45, 2.75) is 12.2 Å². The van der Waals surface area contributed by atoms with Crippen molar-refractivity contribution < 1.29 is 9.53 Å².